The van der Waals surface area contributed by atoms with Crippen molar-refractivity contribution < 1.29 is 13.2 Å². The van der Waals surface area contributed by atoms with E-state index in [2.05, 4.69) is 6.92 Å². The number of fused-ring (bicyclic) bond motifs is 3. The molecule has 0 radical (unpaired) electrons. The Morgan fingerprint density at radius 2 is 2.03 bits per heavy atom. The minimum Gasteiger partial charge on any atom is -0.341 e. The maximum atomic E-state index is 13.8. The summed E-state index contributed by atoms with van der Waals surface area (Å²) in [5, 5.41) is 1.68. The van der Waals surface area contributed by atoms with E-state index in [0.717, 1.165) is 24.8 Å². The molecule has 7 nitrogen and oxygen atoms in total. The second-order valence-corrected chi connectivity index (χ2v) is 14.1. The number of nitrogens with zero attached hydrogens (tertiary/aromatic N) is 3. The van der Waals surface area contributed by atoms with Crippen LogP contribution in [0.4, 0.5) is 0 Å². The van der Waals surface area contributed by atoms with E-state index in [9.17, 15) is 18.0 Å². The summed E-state index contributed by atoms with van der Waals surface area (Å²) in [6.07, 6.45) is 3.32. The fraction of sp³-hybridized carbons (Fsp3) is 0.458. The Labute approximate surface area is 217 Å². The highest BCUT2D eigenvalue weighted by atomic mass is 35.5. The van der Waals surface area contributed by atoms with Crippen molar-refractivity contribution in [1.82, 2.24) is 14.5 Å². The molecular formula is C24H26ClN3O4S3. The van der Waals surface area contributed by atoms with E-state index in [-0.39, 0.29) is 34.8 Å². The van der Waals surface area contributed by atoms with Gasteiger partial charge in [-0.05, 0) is 61.4 Å². The Kier molecular flexibility index (Phi) is 6.76. The predicted octanol–water partition coefficient (Wildman–Crippen LogP) is 3.96. The first kappa shape index (κ1) is 24.8. The van der Waals surface area contributed by atoms with Gasteiger partial charge in [0.25, 0.3) is 5.56 Å². The zero-order valence-electron chi connectivity index (χ0n) is 19.5. The lowest BCUT2D eigenvalue weighted by atomic mass is 9.89. The number of amides is 1. The number of thioether (sulfide) groups is 1. The average molecular weight is 552 g/mol. The van der Waals surface area contributed by atoms with Crippen molar-refractivity contribution >= 4 is 60.7 Å². The average Bonchev–Trinajstić information content (AvgIpc) is 3.36. The van der Waals surface area contributed by atoms with Gasteiger partial charge in [0.05, 0.1) is 28.3 Å². The summed E-state index contributed by atoms with van der Waals surface area (Å²) in [5.74, 6) is 0.557. The van der Waals surface area contributed by atoms with Crippen LogP contribution in [0.1, 0.15) is 30.2 Å². The molecule has 5 rings (SSSR count). The van der Waals surface area contributed by atoms with E-state index >= 15 is 0 Å². The van der Waals surface area contributed by atoms with E-state index in [1.807, 2.05) is 0 Å². The van der Waals surface area contributed by atoms with Crippen LogP contribution in [0.2, 0.25) is 5.02 Å². The summed E-state index contributed by atoms with van der Waals surface area (Å²) in [6, 6.07) is 6.70. The molecule has 1 aliphatic heterocycles. The lowest BCUT2D eigenvalue weighted by molar-refractivity contribution is -0.128. The second kappa shape index (κ2) is 9.53. The molecule has 0 saturated carbocycles. The van der Waals surface area contributed by atoms with Crippen molar-refractivity contribution in [3.05, 3.63) is 50.1 Å². The van der Waals surface area contributed by atoms with Gasteiger partial charge in [-0.15, -0.1) is 11.3 Å². The van der Waals surface area contributed by atoms with Crippen molar-refractivity contribution in [2.24, 2.45) is 5.92 Å². The molecule has 1 aliphatic carbocycles. The number of rotatable bonds is 5. The van der Waals surface area contributed by atoms with Crippen molar-refractivity contribution in [1.29, 1.82) is 0 Å². The molecule has 1 amide bonds. The summed E-state index contributed by atoms with van der Waals surface area (Å²) in [6.45, 7) is 2.23. The van der Waals surface area contributed by atoms with E-state index in [0.29, 0.717) is 38.4 Å². The molecule has 3 heterocycles. The van der Waals surface area contributed by atoms with Crippen LogP contribution in [0.25, 0.3) is 15.9 Å². The third-order valence-electron chi connectivity index (χ3n) is 6.86. The number of thiophene rings is 1. The highest BCUT2D eigenvalue weighted by molar-refractivity contribution is 7.99. The number of sulfone groups is 1. The Balaban J connectivity index is 1.51. The van der Waals surface area contributed by atoms with Gasteiger partial charge < -0.3 is 4.90 Å². The highest BCUT2D eigenvalue weighted by Crippen LogP contribution is 2.37. The van der Waals surface area contributed by atoms with Crippen molar-refractivity contribution in [3.8, 4) is 5.69 Å². The third-order valence-corrected chi connectivity index (χ3v) is 10.9. The molecule has 0 bridgehead atoms. The monoisotopic (exact) mass is 551 g/mol. The van der Waals surface area contributed by atoms with E-state index < -0.39 is 9.84 Å². The van der Waals surface area contributed by atoms with Crippen LogP contribution in [0.5, 0.6) is 0 Å². The van der Waals surface area contributed by atoms with Crippen LogP contribution < -0.4 is 5.56 Å². The summed E-state index contributed by atoms with van der Waals surface area (Å²) in [4.78, 5) is 35.1. The van der Waals surface area contributed by atoms with Crippen LogP contribution in [0, 0.1) is 5.92 Å². The molecule has 11 heteroatoms. The number of hydrogen-bond donors (Lipinski definition) is 0. The van der Waals surface area contributed by atoms with Gasteiger partial charge in [-0.3, -0.25) is 14.2 Å². The summed E-state index contributed by atoms with van der Waals surface area (Å²) >= 11 is 8.86. The minimum atomic E-state index is -3.09. The van der Waals surface area contributed by atoms with Crippen LogP contribution in [0.3, 0.4) is 0 Å². The van der Waals surface area contributed by atoms with Gasteiger partial charge in [0, 0.05) is 23.0 Å². The molecule has 1 saturated heterocycles. The minimum absolute atomic E-state index is 0.00122. The Morgan fingerprint density at radius 3 is 2.71 bits per heavy atom. The quantitative estimate of drug-likeness (QED) is 0.352. The van der Waals surface area contributed by atoms with Gasteiger partial charge in [-0.2, -0.15) is 0 Å². The standard InChI is InChI=1S/C24H26ClN3O4S3/c1-14-3-8-18-19(11-14)34-22-21(18)23(30)28(16-6-4-15(25)5-7-16)24(26-22)33-12-20(29)27(2)17-9-10-35(31,32)13-17/h4-7,14,17H,3,8-13H2,1-2H3/t14-,17+/m0/s1. The molecule has 3 aromatic rings. The fourth-order valence-electron chi connectivity index (χ4n) is 4.80. The third kappa shape index (κ3) is 4.90. The summed E-state index contributed by atoms with van der Waals surface area (Å²) < 4.78 is 25.2. The van der Waals surface area contributed by atoms with E-state index in [1.165, 1.54) is 21.5 Å². The van der Waals surface area contributed by atoms with Gasteiger partial charge in [0.15, 0.2) is 15.0 Å². The largest absolute Gasteiger partial charge is 0.341 e. The second-order valence-electron chi connectivity index (χ2n) is 9.39. The number of aryl methyl sites for hydroxylation is 1. The van der Waals surface area contributed by atoms with E-state index in [4.69, 9.17) is 16.6 Å². The molecule has 0 N–H and O–H groups in total. The first-order valence-corrected chi connectivity index (χ1v) is 15.5. The Bertz CT molecular complexity index is 1460. The highest BCUT2D eigenvalue weighted by Gasteiger charge is 2.33. The molecule has 2 atom stereocenters. The molecule has 0 spiro atoms. The number of benzene rings is 1. The lowest BCUT2D eigenvalue weighted by Crippen LogP contribution is -2.39. The van der Waals surface area contributed by atoms with Gasteiger partial charge in [-0.25, -0.2) is 13.4 Å². The van der Waals surface area contributed by atoms with Crippen LogP contribution in [-0.2, 0) is 27.5 Å². The van der Waals surface area contributed by atoms with E-state index in [1.54, 1.807) is 47.2 Å². The summed E-state index contributed by atoms with van der Waals surface area (Å²) in [5.41, 5.74) is 1.62. The molecule has 1 fully saturated rings. The number of carbonyl (C=O) groups is 1. The van der Waals surface area contributed by atoms with Crippen LogP contribution in [-0.4, -0.2) is 59.1 Å². The Hall–Kier alpha value is -1.88. The number of carbonyl (C=O) groups excluding carboxylic acids is 1. The first-order chi connectivity index (χ1) is 16.6. The molecule has 35 heavy (non-hydrogen) atoms. The number of hydrogen-bond acceptors (Lipinski definition) is 7. The number of halogens is 1. The van der Waals surface area contributed by atoms with Gasteiger partial charge in [0.1, 0.15) is 4.83 Å². The zero-order chi connectivity index (χ0) is 24.9. The van der Waals surface area contributed by atoms with Gasteiger partial charge in [-0.1, -0.05) is 30.3 Å². The van der Waals surface area contributed by atoms with Crippen molar-refractivity contribution in [3.63, 3.8) is 0 Å². The number of aromatic nitrogens is 2. The summed E-state index contributed by atoms with van der Waals surface area (Å²) in [7, 11) is -1.45. The molecule has 0 unspecified atom stereocenters. The van der Waals surface area contributed by atoms with Crippen LogP contribution >= 0.6 is 34.7 Å². The lowest BCUT2D eigenvalue weighted by Gasteiger charge is -2.23. The van der Waals surface area contributed by atoms with Crippen molar-refractivity contribution in [2.75, 3.05) is 24.3 Å². The Morgan fingerprint density at radius 1 is 1.29 bits per heavy atom. The topological polar surface area (TPSA) is 89.3 Å². The molecule has 2 aliphatic rings. The zero-order valence-corrected chi connectivity index (χ0v) is 22.7. The molecule has 1 aromatic carbocycles. The normalized spacial score (nSPS) is 21.2. The maximum Gasteiger partial charge on any atom is 0.267 e. The van der Waals surface area contributed by atoms with Gasteiger partial charge >= 0.3 is 0 Å². The first-order valence-electron chi connectivity index (χ1n) is 11.5. The molecule has 186 valence electrons. The smallest absolute Gasteiger partial charge is 0.267 e. The van der Waals surface area contributed by atoms with Crippen molar-refractivity contribution in [2.45, 2.75) is 43.8 Å². The van der Waals surface area contributed by atoms with Gasteiger partial charge in [0.2, 0.25) is 5.91 Å². The van der Waals surface area contributed by atoms with Crippen LogP contribution in [0.15, 0.2) is 34.2 Å². The SMILES string of the molecule is C[C@H]1CCc2c(sc3nc(SCC(=O)N(C)[C@@H]4CCS(=O)(=O)C4)n(-c4ccc(Cl)cc4)c(=O)c23)C1. The molecule has 2 aromatic heterocycles. The molecular weight excluding hydrogens is 526 g/mol. The maximum absolute atomic E-state index is 13.8. The fourth-order valence-corrected chi connectivity index (χ4v) is 9.06. The predicted molar refractivity (Wildman–Crippen MR) is 142 cm³/mol.